The van der Waals surface area contributed by atoms with Gasteiger partial charge in [-0.2, -0.15) is 0 Å². The van der Waals surface area contributed by atoms with E-state index in [1.807, 2.05) is 15.7 Å². The minimum atomic E-state index is -0.121. The predicted octanol–water partition coefficient (Wildman–Crippen LogP) is 1.75. The zero-order valence-electron chi connectivity index (χ0n) is 14.5. The van der Waals surface area contributed by atoms with Gasteiger partial charge in [0.2, 0.25) is 11.7 Å². The Bertz CT molecular complexity index is 942. The van der Waals surface area contributed by atoms with Crippen molar-refractivity contribution in [2.45, 2.75) is 44.7 Å². The third-order valence-electron chi connectivity index (χ3n) is 4.96. The maximum atomic E-state index is 12.8. The van der Waals surface area contributed by atoms with Gasteiger partial charge in [0.25, 0.3) is 5.56 Å². The summed E-state index contributed by atoms with van der Waals surface area (Å²) >= 11 is 0. The third-order valence-corrected chi connectivity index (χ3v) is 4.96. The molecule has 4 heterocycles. The SMILES string of the molecule is O=C(CCCn1ccnc1)N1CCCC[C@@H]1c1cc(=O)n2ccnc2[nH]1. The third kappa shape index (κ3) is 3.26. The normalized spacial score (nSPS) is 17.7. The number of nitrogens with one attached hydrogen (secondary N) is 1. The molecule has 1 saturated heterocycles. The number of imidazole rings is 2. The van der Waals surface area contributed by atoms with E-state index in [-0.39, 0.29) is 17.5 Å². The number of H-pyrrole nitrogens is 1. The first-order valence-electron chi connectivity index (χ1n) is 9.04. The Balaban J connectivity index is 1.49. The van der Waals surface area contributed by atoms with Gasteiger partial charge in [0.1, 0.15) is 0 Å². The second-order valence-corrected chi connectivity index (χ2v) is 6.69. The van der Waals surface area contributed by atoms with E-state index in [1.54, 1.807) is 31.0 Å². The number of likely N-dealkylation sites (tertiary alicyclic amines) is 1. The molecule has 0 radical (unpaired) electrons. The molecule has 3 aromatic rings. The molecule has 1 aliphatic heterocycles. The molecule has 1 N–H and O–H groups in total. The summed E-state index contributed by atoms with van der Waals surface area (Å²) in [5.41, 5.74) is 0.653. The van der Waals surface area contributed by atoms with Crippen molar-refractivity contribution in [2.24, 2.45) is 0 Å². The first-order valence-corrected chi connectivity index (χ1v) is 9.04. The topological polar surface area (TPSA) is 88.3 Å². The monoisotopic (exact) mass is 354 g/mol. The van der Waals surface area contributed by atoms with Crippen molar-refractivity contribution in [3.05, 3.63) is 53.2 Å². The van der Waals surface area contributed by atoms with Crippen molar-refractivity contribution < 1.29 is 4.79 Å². The second kappa shape index (κ2) is 7.15. The van der Waals surface area contributed by atoms with Gasteiger partial charge in [0.15, 0.2) is 0 Å². The maximum Gasteiger partial charge on any atom is 0.259 e. The summed E-state index contributed by atoms with van der Waals surface area (Å²) in [6.45, 7) is 1.51. The number of carbonyl (C=O) groups is 1. The molecule has 0 aliphatic carbocycles. The van der Waals surface area contributed by atoms with Crippen LogP contribution in [-0.2, 0) is 11.3 Å². The zero-order chi connectivity index (χ0) is 17.9. The molecule has 8 nitrogen and oxygen atoms in total. The molecule has 4 rings (SSSR count). The van der Waals surface area contributed by atoms with Crippen molar-refractivity contribution in [1.29, 1.82) is 0 Å². The Morgan fingerprint density at radius 3 is 3.04 bits per heavy atom. The molecule has 0 unspecified atom stereocenters. The van der Waals surface area contributed by atoms with Crippen molar-refractivity contribution in [1.82, 2.24) is 28.8 Å². The van der Waals surface area contributed by atoms with Crippen LogP contribution in [0.15, 0.2) is 42.0 Å². The standard InChI is InChI=1S/C18H22N6O2/c25-16(5-3-8-22-10-6-19-13-22)23-9-2-1-4-15(23)14-12-17(26)24-11-7-20-18(24)21-14/h6-7,10-13,15H,1-5,8-9H2,(H,20,21)/t15-/m1/s1. The Morgan fingerprint density at radius 1 is 1.27 bits per heavy atom. The van der Waals surface area contributed by atoms with Gasteiger partial charge in [-0.1, -0.05) is 0 Å². The number of aromatic nitrogens is 5. The number of piperidine rings is 1. The minimum absolute atomic E-state index is 0.0844. The highest BCUT2D eigenvalue weighted by molar-refractivity contribution is 5.76. The summed E-state index contributed by atoms with van der Waals surface area (Å²) in [5.74, 6) is 0.657. The molecule has 1 aliphatic rings. The first-order chi connectivity index (χ1) is 12.7. The number of carbonyl (C=O) groups excluding carboxylic acids is 1. The second-order valence-electron chi connectivity index (χ2n) is 6.69. The van der Waals surface area contributed by atoms with E-state index in [1.165, 1.54) is 4.40 Å². The zero-order valence-corrected chi connectivity index (χ0v) is 14.5. The van der Waals surface area contributed by atoms with Gasteiger partial charge < -0.3 is 14.5 Å². The molecular formula is C18H22N6O2. The minimum Gasteiger partial charge on any atom is -0.337 e. The molecule has 1 amide bonds. The van der Waals surface area contributed by atoms with Crippen molar-refractivity contribution >= 4 is 11.7 Å². The van der Waals surface area contributed by atoms with Crippen LogP contribution < -0.4 is 5.56 Å². The van der Waals surface area contributed by atoms with Crippen LogP contribution in [0.1, 0.15) is 43.8 Å². The van der Waals surface area contributed by atoms with Gasteiger partial charge in [-0.15, -0.1) is 0 Å². The van der Waals surface area contributed by atoms with E-state index in [0.717, 1.165) is 44.5 Å². The molecule has 136 valence electrons. The quantitative estimate of drug-likeness (QED) is 0.756. The smallest absolute Gasteiger partial charge is 0.259 e. The molecule has 0 bridgehead atoms. The lowest BCUT2D eigenvalue weighted by Crippen LogP contribution is -2.39. The van der Waals surface area contributed by atoms with Crippen molar-refractivity contribution in [3.63, 3.8) is 0 Å². The molecule has 0 spiro atoms. The number of aromatic amines is 1. The average molecular weight is 354 g/mol. The molecular weight excluding hydrogens is 332 g/mol. The van der Waals surface area contributed by atoms with E-state index in [9.17, 15) is 9.59 Å². The predicted molar refractivity (Wildman–Crippen MR) is 95.6 cm³/mol. The fraction of sp³-hybridized carbons (Fsp3) is 0.444. The Hall–Kier alpha value is -2.90. The number of rotatable bonds is 5. The van der Waals surface area contributed by atoms with Crippen LogP contribution >= 0.6 is 0 Å². The van der Waals surface area contributed by atoms with Gasteiger partial charge in [-0.25, -0.2) is 9.97 Å². The van der Waals surface area contributed by atoms with Gasteiger partial charge in [0, 0.05) is 56.1 Å². The van der Waals surface area contributed by atoms with Crippen LogP contribution in [0.5, 0.6) is 0 Å². The summed E-state index contributed by atoms with van der Waals surface area (Å²) < 4.78 is 3.45. The fourth-order valence-electron chi connectivity index (χ4n) is 3.65. The van der Waals surface area contributed by atoms with Gasteiger partial charge in [-0.05, 0) is 25.7 Å². The van der Waals surface area contributed by atoms with Gasteiger partial charge in [0.05, 0.1) is 12.4 Å². The molecule has 3 aromatic heterocycles. The number of hydrogen-bond acceptors (Lipinski definition) is 4. The Morgan fingerprint density at radius 2 is 2.19 bits per heavy atom. The van der Waals surface area contributed by atoms with Crippen LogP contribution in [0, 0.1) is 0 Å². The van der Waals surface area contributed by atoms with Crippen molar-refractivity contribution in [2.75, 3.05) is 6.54 Å². The maximum absolute atomic E-state index is 12.8. The highest BCUT2D eigenvalue weighted by Crippen LogP contribution is 2.30. The Kier molecular flexibility index (Phi) is 4.55. The van der Waals surface area contributed by atoms with Crippen LogP contribution in [-0.4, -0.2) is 41.3 Å². The molecule has 26 heavy (non-hydrogen) atoms. The number of hydrogen-bond donors (Lipinski definition) is 1. The number of nitrogens with zero attached hydrogens (tertiary/aromatic N) is 5. The molecule has 8 heteroatoms. The molecule has 1 fully saturated rings. The van der Waals surface area contributed by atoms with E-state index >= 15 is 0 Å². The van der Waals surface area contributed by atoms with E-state index in [4.69, 9.17) is 0 Å². The molecule has 1 atom stereocenters. The van der Waals surface area contributed by atoms with Crippen LogP contribution in [0.2, 0.25) is 0 Å². The average Bonchev–Trinajstić information content (AvgIpc) is 3.33. The van der Waals surface area contributed by atoms with Crippen LogP contribution in [0.4, 0.5) is 0 Å². The lowest BCUT2D eigenvalue weighted by Gasteiger charge is -2.35. The lowest BCUT2D eigenvalue weighted by atomic mass is 9.98. The van der Waals surface area contributed by atoms with Crippen LogP contribution in [0.25, 0.3) is 5.78 Å². The summed E-state index contributed by atoms with van der Waals surface area (Å²) in [5, 5.41) is 0. The summed E-state index contributed by atoms with van der Waals surface area (Å²) in [6, 6.07) is 1.51. The van der Waals surface area contributed by atoms with Crippen molar-refractivity contribution in [3.8, 4) is 0 Å². The molecule has 0 saturated carbocycles. The number of fused-ring (bicyclic) bond motifs is 1. The summed E-state index contributed by atoms with van der Waals surface area (Å²) in [6.07, 6.45) is 12.8. The van der Waals surface area contributed by atoms with Gasteiger partial charge >= 0.3 is 0 Å². The fourth-order valence-corrected chi connectivity index (χ4v) is 3.65. The highest BCUT2D eigenvalue weighted by atomic mass is 16.2. The Labute approximate surface area is 150 Å². The lowest BCUT2D eigenvalue weighted by molar-refractivity contribution is -0.135. The summed E-state index contributed by atoms with van der Waals surface area (Å²) in [4.78, 5) is 38.4. The van der Waals surface area contributed by atoms with Crippen LogP contribution in [0.3, 0.4) is 0 Å². The largest absolute Gasteiger partial charge is 0.337 e. The molecule has 0 aromatic carbocycles. The van der Waals surface area contributed by atoms with Gasteiger partial charge in [-0.3, -0.25) is 14.0 Å². The van der Waals surface area contributed by atoms with E-state index in [2.05, 4.69) is 15.0 Å². The summed E-state index contributed by atoms with van der Waals surface area (Å²) in [7, 11) is 0. The van der Waals surface area contributed by atoms with E-state index in [0.29, 0.717) is 12.2 Å². The number of amides is 1. The highest BCUT2D eigenvalue weighted by Gasteiger charge is 2.28. The number of aryl methyl sites for hydroxylation is 1. The van der Waals surface area contributed by atoms with E-state index < -0.39 is 0 Å². The first kappa shape index (κ1) is 16.6.